The van der Waals surface area contributed by atoms with Gasteiger partial charge in [0.25, 0.3) is 0 Å². The van der Waals surface area contributed by atoms with Gasteiger partial charge in [0.1, 0.15) is 5.75 Å². The number of carbonyl (C=O) groups is 3. The molecular weight excluding hydrogens is 376 g/mol. The highest BCUT2D eigenvalue weighted by atomic mass is 16.6. The van der Waals surface area contributed by atoms with Crippen molar-refractivity contribution < 1.29 is 23.9 Å². The molecule has 1 fully saturated rings. The smallest absolute Gasteiger partial charge is 0.409 e. The van der Waals surface area contributed by atoms with Crippen molar-refractivity contribution in [3.8, 4) is 5.75 Å². The fourth-order valence-electron chi connectivity index (χ4n) is 3.14. The Kier molecular flexibility index (Phi) is 8.72. The fraction of sp³-hybridized carbons (Fsp3) is 0.550. The number of amides is 3. The van der Waals surface area contributed by atoms with E-state index in [1.165, 1.54) is 0 Å². The van der Waals surface area contributed by atoms with E-state index in [9.17, 15) is 14.4 Å². The van der Waals surface area contributed by atoms with Crippen LogP contribution < -0.4 is 15.4 Å². The summed E-state index contributed by atoms with van der Waals surface area (Å²) in [7, 11) is 3.28. The molecule has 3 amide bonds. The monoisotopic (exact) mass is 406 g/mol. The third-order valence-corrected chi connectivity index (χ3v) is 4.57. The van der Waals surface area contributed by atoms with Crippen LogP contribution in [-0.4, -0.2) is 80.7 Å². The van der Waals surface area contributed by atoms with Gasteiger partial charge < -0.3 is 25.0 Å². The van der Waals surface area contributed by atoms with Gasteiger partial charge >= 0.3 is 6.09 Å². The molecule has 9 nitrogen and oxygen atoms in total. The molecule has 0 aliphatic carbocycles. The Morgan fingerprint density at radius 2 is 1.86 bits per heavy atom. The summed E-state index contributed by atoms with van der Waals surface area (Å²) in [4.78, 5) is 39.4. The van der Waals surface area contributed by atoms with Crippen molar-refractivity contribution in [3.05, 3.63) is 24.3 Å². The van der Waals surface area contributed by atoms with E-state index in [1.807, 2.05) is 0 Å². The number of ether oxygens (including phenoxy) is 2. The average molecular weight is 406 g/mol. The molecule has 0 atom stereocenters. The van der Waals surface area contributed by atoms with Crippen molar-refractivity contribution in [1.29, 1.82) is 0 Å². The molecule has 1 aromatic rings. The predicted molar refractivity (Wildman–Crippen MR) is 109 cm³/mol. The van der Waals surface area contributed by atoms with E-state index in [0.29, 0.717) is 44.0 Å². The number of methoxy groups -OCH3 is 1. The molecule has 0 radical (unpaired) electrons. The van der Waals surface area contributed by atoms with Crippen LogP contribution in [0.25, 0.3) is 0 Å². The van der Waals surface area contributed by atoms with Crippen LogP contribution in [0.3, 0.4) is 0 Å². The number of likely N-dealkylation sites (tertiary alicyclic amines) is 1. The van der Waals surface area contributed by atoms with Gasteiger partial charge in [-0.3, -0.25) is 14.5 Å². The average Bonchev–Trinajstić information content (AvgIpc) is 2.68. The number of nitrogens with one attached hydrogen (secondary N) is 2. The first-order valence-corrected chi connectivity index (χ1v) is 9.74. The molecule has 1 saturated heterocycles. The molecule has 2 rings (SSSR count). The van der Waals surface area contributed by atoms with Gasteiger partial charge in [0.15, 0.2) is 0 Å². The summed E-state index contributed by atoms with van der Waals surface area (Å²) in [5.74, 6) is 0.303. The minimum Gasteiger partial charge on any atom is -0.497 e. The molecule has 29 heavy (non-hydrogen) atoms. The summed E-state index contributed by atoms with van der Waals surface area (Å²) in [5, 5.41) is 5.76. The quantitative estimate of drug-likeness (QED) is 0.675. The number of nitrogens with zero attached hydrogens (tertiary/aromatic N) is 2. The van der Waals surface area contributed by atoms with Gasteiger partial charge in [0, 0.05) is 30.9 Å². The molecule has 0 bridgehead atoms. The Hall–Kier alpha value is -2.81. The van der Waals surface area contributed by atoms with Crippen molar-refractivity contribution >= 4 is 23.6 Å². The summed E-state index contributed by atoms with van der Waals surface area (Å²) in [6, 6.07) is 7.11. The second-order valence-electron chi connectivity index (χ2n) is 6.98. The molecular formula is C20H30N4O5. The van der Waals surface area contributed by atoms with Crippen LogP contribution in [-0.2, 0) is 14.3 Å². The van der Waals surface area contributed by atoms with Crippen molar-refractivity contribution in [3.63, 3.8) is 0 Å². The Balaban J connectivity index is 1.69. The fourth-order valence-corrected chi connectivity index (χ4v) is 3.14. The van der Waals surface area contributed by atoms with Gasteiger partial charge in [0.2, 0.25) is 11.8 Å². The first-order valence-electron chi connectivity index (χ1n) is 9.74. The summed E-state index contributed by atoms with van der Waals surface area (Å²) in [5.41, 5.74) is 0.639. The second-order valence-corrected chi connectivity index (χ2v) is 6.98. The van der Waals surface area contributed by atoms with Crippen LogP contribution in [0.2, 0.25) is 0 Å². The first kappa shape index (κ1) is 22.5. The molecule has 1 aliphatic rings. The Labute approximate surface area is 171 Å². The van der Waals surface area contributed by atoms with Crippen LogP contribution >= 0.6 is 0 Å². The lowest BCUT2D eigenvalue weighted by molar-refractivity contribution is -0.123. The summed E-state index contributed by atoms with van der Waals surface area (Å²) < 4.78 is 10.1. The zero-order chi connectivity index (χ0) is 21.2. The predicted octanol–water partition coefficient (Wildman–Crippen LogP) is 1.30. The highest BCUT2D eigenvalue weighted by molar-refractivity contribution is 5.92. The van der Waals surface area contributed by atoms with Gasteiger partial charge in [-0.25, -0.2) is 4.79 Å². The minimum atomic E-state index is -0.306. The van der Waals surface area contributed by atoms with Gasteiger partial charge in [-0.2, -0.15) is 0 Å². The van der Waals surface area contributed by atoms with E-state index < -0.39 is 0 Å². The topological polar surface area (TPSA) is 100 Å². The zero-order valence-electron chi connectivity index (χ0n) is 17.3. The number of likely N-dealkylation sites (N-methyl/N-ethyl adjacent to an activating group) is 1. The molecule has 160 valence electrons. The zero-order valence-corrected chi connectivity index (χ0v) is 17.3. The van der Waals surface area contributed by atoms with Crippen molar-refractivity contribution in [2.75, 3.05) is 52.3 Å². The van der Waals surface area contributed by atoms with Gasteiger partial charge in [-0.05, 0) is 38.9 Å². The highest BCUT2D eigenvalue weighted by Gasteiger charge is 2.24. The molecule has 2 N–H and O–H groups in total. The Morgan fingerprint density at radius 1 is 1.17 bits per heavy atom. The van der Waals surface area contributed by atoms with Crippen LogP contribution in [0.15, 0.2) is 24.3 Å². The van der Waals surface area contributed by atoms with Gasteiger partial charge in [-0.1, -0.05) is 6.07 Å². The second kappa shape index (κ2) is 11.3. The maximum atomic E-state index is 12.3. The lowest BCUT2D eigenvalue weighted by atomic mass is 10.1. The maximum Gasteiger partial charge on any atom is 0.409 e. The third-order valence-electron chi connectivity index (χ3n) is 4.57. The molecule has 0 saturated carbocycles. The largest absolute Gasteiger partial charge is 0.497 e. The number of benzene rings is 1. The molecule has 0 aromatic heterocycles. The molecule has 0 spiro atoms. The van der Waals surface area contributed by atoms with E-state index in [-0.39, 0.29) is 37.0 Å². The number of hydrogen-bond acceptors (Lipinski definition) is 6. The van der Waals surface area contributed by atoms with Gasteiger partial charge in [-0.15, -0.1) is 0 Å². The molecule has 1 aliphatic heterocycles. The summed E-state index contributed by atoms with van der Waals surface area (Å²) in [6.45, 7) is 3.45. The van der Waals surface area contributed by atoms with Crippen molar-refractivity contribution in [2.24, 2.45) is 0 Å². The van der Waals surface area contributed by atoms with Crippen LogP contribution in [0.5, 0.6) is 5.75 Å². The van der Waals surface area contributed by atoms with E-state index in [2.05, 4.69) is 10.6 Å². The lowest BCUT2D eigenvalue weighted by Gasteiger charge is -2.31. The van der Waals surface area contributed by atoms with Crippen molar-refractivity contribution in [2.45, 2.75) is 25.8 Å². The van der Waals surface area contributed by atoms with E-state index in [0.717, 1.165) is 0 Å². The number of anilines is 1. The molecule has 1 aromatic carbocycles. The number of hydrogen-bond donors (Lipinski definition) is 2. The maximum absolute atomic E-state index is 12.3. The number of rotatable bonds is 8. The SMILES string of the molecule is CCOC(=O)N1CCC(NC(=O)CN(C)CC(=O)Nc2cccc(OC)c2)CC1. The summed E-state index contributed by atoms with van der Waals surface area (Å²) >= 11 is 0. The van der Waals surface area contributed by atoms with Crippen LogP contribution in [0, 0.1) is 0 Å². The molecule has 0 unspecified atom stereocenters. The lowest BCUT2D eigenvalue weighted by Crippen LogP contribution is -2.49. The normalized spacial score (nSPS) is 14.4. The highest BCUT2D eigenvalue weighted by Crippen LogP contribution is 2.16. The van der Waals surface area contributed by atoms with Crippen LogP contribution in [0.4, 0.5) is 10.5 Å². The summed E-state index contributed by atoms with van der Waals surface area (Å²) in [6.07, 6.45) is 1.06. The standard InChI is InChI=1S/C20H30N4O5/c1-4-29-20(27)24-10-8-15(9-11-24)21-18(25)13-23(2)14-19(26)22-16-6-5-7-17(12-16)28-3/h5-7,12,15H,4,8-11,13-14H2,1-3H3,(H,21,25)(H,22,26). The molecule has 1 heterocycles. The van der Waals surface area contributed by atoms with Crippen molar-refractivity contribution in [1.82, 2.24) is 15.1 Å². The third kappa shape index (κ3) is 7.61. The number of carbonyl (C=O) groups excluding carboxylic acids is 3. The minimum absolute atomic E-state index is 0.0205. The first-order chi connectivity index (χ1) is 13.9. The Bertz CT molecular complexity index is 704. The van der Waals surface area contributed by atoms with E-state index in [4.69, 9.17) is 9.47 Å². The molecule has 9 heteroatoms. The van der Waals surface area contributed by atoms with E-state index >= 15 is 0 Å². The van der Waals surface area contributed by atoms with Crippen LogP contribution in [0.1, 0.15) is 19.8 Å². The van der Waals surface area contributed by atoms with Gasteiger partial charge in [0.05, 0.1) is 26.8 Å². The van der Waals surface area contributed by atoms with E-state index in [1.54, 1.807) is 55.1 Å². The Morgan fingerprint density at radius 3 is 2.52 bits per heavy atom. The number of piperidine rings is 1.